The molecule has 1 saturated carbocycles. The van der Waals surface area contributed by atoms with Gasteiger partial charge in [-0.3, -0.25) is 19.1 Å². The minimum atomic E-state index is -0.746. The zero-order chi connectivity index (χ0) is 26.2. The highest BCUT2D eigenvalue weighted by Crippen LogP contribution is 2.49. The van der Waals surface area contributed by atoms with Crippen LogP contribution in [0.1, 0.15) is 67.3 Å². The molecular weight excluding hydrogens is 462 g/mol. The van der Waals surface area contributed by atoms with Crippen LogP contribution in [0.4, 0.5) is 17.1 Å². The number of anilines is 3. The molecule has 2 heterocycles. The van der Waals surface area contributed by atoms with Gasteiger partial charge in [0.25, 0.3) is 16.8 Å². The van der Waals surface area contributed by atoms with Gasteiger partial charge < -0.3 is 20.6 Å². The Labute approximate surface area is 208 Å². The highest BCUT2D eigenvalue weighted by atomic mass is 16.3. The normalized spacial score (nSPS) is 15.4. The molecule has 0 radical (unpaired) electrons. The standard InChI is InChI=1S/C25H29N7O4/c1-5-31(3)24(36)19-20(33)15(8-11-27-19)28-17-18(22(35)21(17)34)29-23(25(2)9-6-7-10-25)16-14(12-26)13-32(4)30-16/h8,11,13,23,29,33H,5-7,9-10H2,1-4H3,(H,27,28). The highest BCUT2D eigenvalue weighted by Gasteiger charge is 2.42. The topological polar surface area (TPSA) is 153 Å². The number of nitriles is 1. The molecule has 1 aliphatic carbocycles. The summed E-state index contributed by atoms with van der Waals surface area (Å²) in [6, 6.07) is 3.11. The molecule has 4 rings (SSSR count). The maximum atomic E-state index is 12.7. The predicted octanol–water partition coefficient (Wildman–Crippen LogP) is 2.56. The number of hydrogen-bond acceptors (Lipinski definition) is 9. The van der Waals surface area contributed by atoms with Gasteiger partial charge in [-0.25, -0.2) is 4.98 Å². The third-order valence-corrected chi connectivity index (χ3v) is 7.10. The number of nitrogens with zero attached hydrogens (tertiary/aromatic N) is 5. The van der Waals surface area contributed by atoms with Gasteiger partial charge in [0, 0.05) is 33.0 Å². The smallest absolute Gasteiger partial charge is 0.276 e. The highest BCUT2D eigenvalue weighted by molar-refractivity contribution is 5.97. The van der Waals surface area contributed by atoms with Gasteiger partial charge in [-0.1, -0.05) is 19.8 Å². The molecule has 3 aromatic rings. The summed E-state index contributed by atoms with van der Waals surface area (Å²) in [4.78, 5) is 43.1. The SMILES string of the molecule is CCN(C)C(=O)c1nccc(Nc2c(NC(c3nn(C)cc3C#N)C3(C)CCCC3)c(=O)c2=O)c1O. The van der Waals surface area contributed by atoms with Crippen LogP contribution < -0.4 is 21.5 Å². The fourth-order valence-electron chi connectivity index (χ4n) is 4.81. The van der Waals surface area contributed by atoms with Crippen molar-refractivity contribution in [2.45, 2.75) is 45.6 Å². The number of carbonyl (C=O) groups is 1. The first-order valence-electron chi connectivity index (χ1n) is 11.8. The summed E-state index contributed by atoms with van der Waals surface area (Å²) < 4.78 is 1.56. The van der Waals surface area contributed by atoms with Crippen LogP contribution in [-0.4, -0.2) is 44.3 Å². The second-order valence-corrected chi connectivity index (χ2v) is 9.56. The molecule has 188 valence electrons. The van der Waals surface area contributed by atoms with Crippen molar-refractivity contribution in [2.24, 2.45) is 12.5 Å². The van der Waals surface area contributed by atoms with Crippen molar-refractivity contribution < 1.29 is 9.90 Å². The molecule has 11 nitrogen and oxygen atoms in total. The number of rotatable bonds is 8. The summed E-state index contributed by atoms with van der Waals surface area (Å²) in [7, 11) is 3.31. The van der Waals surface area contributed by atoms with Crippen LogP contribution in [0, 0.1) is 16.7 Å². The third-order valence-electron chi connectivity index (χ3n) is 7.10. The summed E-state index contributed by atoms with van der Waals surface area (Å²) in [5.74, 6) is -0.895. The van der Waals surface area contributed by atoms with Gasteiger partial charge >= 0.3 is 0 Å². The lowest BCUT2D eigenvalue weighted by Gasteiger charge is -2.35. The first-order chi connectivity index (χ1) is 17.1. The zero-order valence-corrected chi connectivity index (χ0v) is 20.8. The van der Waals surface area contributed by atoms with Gasteiger partial charge in [-0.2, -0.15) is 10.4 Å². The van der Waals surface area contributed by atoms with Gasteiger partial charge in [-0.15, -0.1) is 0 Å². The average Bonchev–Trinajstić information content (AvgIpc) is 3.48. The van der Waals surface area contributed by atoms with Crippen LogP contribution in [-0.2, 0) is 7.05 Å². The Kier molecular flexibility index (Phi) is 6.54. The summed E-state index contributed by atoms with van der Waals surface area (Å²) in [6.45, 7) is 4.30. The van der Waals surface area contributed by atoms with E-state index in [2.05, 4.69) is 33.7 Å². The quantitative estimate of drug-likeness (QED) is 0.403. The Bertz CT molecular complexity index is 1420. The summed E-state index contributed by atoms with van der Waals surface area (Å²) in [5.41, 5.74) is -0.879. The van der Waals surface area contributed by atoms with E-state index in [-0.39, 0.29) is 28.2 Å². The average molecular weight is 492 g/mol. The first-order valence-corrected chi connectivity index (χ1v) is 11.8. The number of aromatic hydroxyl groups is 1. The lowest BCUT2D eigenvalue weighted by atomic mass is 9.78. The second kappa shape index (κ2) is 9.45. The number of nitrogens with one attached hydrogen (secondary N) is 2. The van der Waals surface area contributed by atoms with Crippen molar-refractivity contribution in [3.63, 3.8) is 0 Å². The summed E-state index contributed by atoms with van der Waals surface area (Å²) in [5, 5.41) is 30.9. The van der Waals surface area contributed by atoms with Crippen molar-refractivity contribution in [2.75, 3.05) is 24.2 Å². The van der Waals surface area contributed by atoms with Gasteiger partial charge in [0.1, 0.15) is 23.1 Å². The van der Waals surface area contributed by atoms with E-state index in [9.17, 15) is 24.8 Å². The fourth-order valence-corrected chi connectivity index (χ4v) is 4.81. The van der Waals surface area contributed by atoms with Gasteiger partial charge in [0.2, 0.25) is 0 Å². The molecule has 36 heavy (non-hydrogen) atoms. The van der Waals surface area contributed by atoms with Crippen LogP contribution in [0.2, 0.25) is 0 Å². The number of aromatic nitrogens is 3. The number of aryl methyl sites for hydroxylation is 1. The molecule has 0 aliphatic heterocycles. The lowest BCUT2D eigenvalue weighted by Crippen LogP contribution is -2.40. The third kappa shape index (κ3) is 4.19. The van der Waals surface area contributed by atoms with E-state index < -0.39 is 28.6 Å². The molecule has 3 N–H and O–H groups in total. The van der Waals surface area contributed by atoms with E-state index >= 15 is 0 Å². The van der Waals surface area contributed by atoms with E-state index in [1.807, 2.05) is 0 Å². The molecule has 1 aromatic carbocycles. The minimum Gasteiger partial charge on any atom is -0.504 e. The summed E-state index contributed by atoms with van der Waals surface area (Å²) in [6.07, 6.45) is 6.72. The van der Waals surface area contributed by atoms with Gasteiger partial charge in [0.05, 0.1) is 17.3 Å². The number of amides is 1. The van der Waals surface area contributed by atoms with Crippen molar-refractivity contribution in [3.05, 3.63) is 55.9 Å². The number of pyridine rings is 1. The predicted molar refractivity (Wildman–Crippen MR) is 134 cm³/mol. The molecule has 1 amide bonds. The van der Waals surface area contributed by atoms with Gasteiger partial charge in [0.15, 0.2) is 11.4 Å². The molecule has 0 bridgehead atoms. The molecule has 1 fully saturated rings. The van der Waals surface area contributed by atoms with E-state index in [0.717, 1.165) is 25.7 Å². The number of carbonyl (C=O) groups excluding carboxylic acids is 1. The van der Waals surface area contributed by atoms with Crippen LogP contribution in [0.3, 0.4) is 0 Å². The van der Waals surface area contributed by atoms with Crippen molar-refractivity contribution in [1.29, 1.82) is 5.26 Å². The second-order valence-electron chi connectivity index (χ2n) is 9.56. The van der Waals surface area contributed by atoms with Crippen molar-refractivity contribution in [3.8, 4) is 11.8 Å². The maximum absolute atomic E-state index is 12.7. The lowest BCUT2D eigenvalue weighted by molar-refractivity contribution is 0.0793. The zero-order valence-electron chi connectivity index (χ0n) is 20.8. The van der Waals surface area contributed by atoms with Crippen molar-refractivity contribution >= 4 is 23.0 Å². The Morgan fingerprint density at radius 1 is 1.31 bits per heavy atom. The molecule has 2 aromatic heterocycles. The van der Waals surface area contributed by atoms with E-state index in [1.54, 1.807) is 31.9 Å². The molecule has 0 spiro atoms. The van der Waals surface area contributed by atoms with Gasteiger partial charge in [-0.05, 0) is 31.2 Å². The maximum Gasteiger partial charge on any atom is 0.276 e. The van der Waals surface area contributed by atoms with Crippen LogP contribution in [0.25, 0.3) is 0 Å². The Morgan fingerprint density at radius 2 is 1.97 bits per heavy atom. The van der Waals surface area contributed by atoms with E-state index in [0.29, 0.717) is 17.8 Å². The van der Waals surface area contributed by atoms with Crippen LogP contribution in [0.15, 0.2) is 28.0 Å². The largest absolute Gasteiger partial charge is 0.504 e. The fraction of sp³-hybridized carbons (Fsp3) is 0.440. The van der Waals surface area contributed by atoms with Crippen LogP contribution in [0.5, 0.6) is 5.75 Å². The minimum absolute atomic E-state index is 0.0234. The van der Waals surface area contributed by atoms with E-state index in [4.69, 9.17) is 0 Å². The molecule has 11 heteroatoms. The monoisotopic (exact) mass is 491 g/mol. The van der Waals surface area contributed by atoms with Crippen LogP contribution >= 0.6 is 0 Å². The molecule has 0 saturated heterocycles. The Morgan fingerprint density at radius 3 is 2.61 bits per heavy atom. The Hall–Kier alpha value is -4.20. The Balaban J connectivity index is 1.71. The molecule has 1 unspecified atom stereocenters. The van der Waals surface area contributed by atoms with Crippen molar-refractivity contribution in [1.82, 2.24) is 19.7 Å². The number of hydrogen-bond donors (Lipinski definition) is 3. The van der Waals surface area contributed by atoms with E-state index in [1.165, 1.54) is 17.2 Å². The first kappa shape index (κ1) is 24.9. The summed E-state index contributed by atoms with van der Waals surface area (Å²) >= 11 is 0. The molecular formula is C25H29N7O4. The molecule has 1 atom stereocenters. The molecule has 1 aliphatic rings.